The van der Waals surface area contributed by atoms with Crippen molar-refractivity contribution >= 4 is 17.4 Å². The lowest BCUT2D eigenvalue weighted by Gasteiger charge is -2.11. The minimum absolute atomic E-state index is 0.0150. The van der Waals surface area contributed by atoms with Gasteiger partial charge in [-0.2, -0.15) is 0 Å². The number of carbonyl (C=O) groups excluding carboxylic acids is 1. The van der Waals surface area contributed by atoms with Crippen molar-refractivity contribution in [2.75, 3.05) is 37.8 Å². The summed E-state index contributed by atoms with van der Waals surface area (Å²) in [6.45, 7) is 1.88. The van der Waals surface area contributed by atoms with E-state index in [1.54, 1.807) is 30.5 Å². The Morgan fingerprint density at radius 3 is 2.67 bits per heavy atom. The van der Waals surface area contributed by atoms with E-state index in [9.17, 15) is 9.18 Å². The van der Waals surface area contributed by atoms with Crippen LogP contribution in [0.3, 0.4) is 0 Å². The molecule has 0 saturated heterocycles. The van der Waals surface area contributed by atoms with Gasteiger partial charge in [0.25, 0.3) is 0 Å². The van der Waals surface area contributed by atoms with Crippen LogP contribution in [0.5, 0.6) is 0 Å². The first-order valence-corrected chi connectivity index (χ1v) is 7.92. The number of carbonyl (C=O) groups is 1. The van der Waals surface area contributed by atoms with Gasteiger partial charge in [-0.05, 0) is 50.8 Å². The third-order valence-electron chi connectivity index (χ3n) is 3.45. The number of rotatable bonds is 8. The number of aromatic nitrogens is 1. The Hall–Kier alpha value is -2.47. The van der Waals surface area contributed by atoms with E-state index in [2.05, 4.69) is 20.5 Å². The predicted octanol–water partition coefficient (Wildman–Crippen LogP) is 2.77. The number of amides is 1. The van der Waals surface area contributed by atoms with Crippen molar-refractivity contribution in [3.05, 3.63) is 54.0 Å². The molecule has 1 amide bonds. The SMILES string of the molecule is CN(C)CCCNc1ccc(NC(=O)Cc2ccccc2F)nc1. The molecule has 6 heteroatoms. The van der Waals surface area contributed by atoms with Crippen molar-refractivity contribution in [3.63, 3.8) is 0 Å². The maximum Gasteiger partial charge on any atom is 0.230 e. The summed E-state index contributed by atoms with van der Waals surface area (Å²) in [6.07, 6.45) is 2.70. The zero-order valence-electron chi connectivity index (χ0n) is 14.1. The second-order valence-corrected chi connectivity index (χ2v) is 5.83. The van der Waals surface area contributed by atoms with Crippen LogP contribution in [0.25, 0.3) is 0 Å². The number of halogens is 1. The molecule has 0 bridgehead atoms. The van der Waals surface area contributed by atoms with E-state index >= 15 is 0 Å². The maximum absolute atomic E-state index is 13.5. The van der Waals surface area contributed by atoms with Gasteiger partial charge in [-0.25, -0.2) is 9.37 Å². The third kappa shape index (κ3) is 5.96. The summed E-state index contributed by atoms with van der Waals surface area (Å²) in [4.78, 5) is 18.3. The Morgan fingerprint density at radius 2 is 2.00 bits per heavy atom. The van der Waals surface area contributed by atoms with Gasteiger partial charge in [-0.1, -0.05) is 18.2 Å². The van der Waals surface area contributed by atoms with E-state index in [1.165, 1.54) is 6.07 Å². The van der Waals surface area contributed by atoms with Crippen molar-refractivity contribution < 1.29 is 9.18 Å². The van der Waals surface area contributed by atoms with E-state index in [1.807, 2.05) is 20.2 Å². The van der Waals surface area contributed by atoms with Gasteiger partial charge in [0, 0.05) is 6.54 Å². The number of benzene rings is 1. The second-order valence-electron chi connectivity index (χ2n) is 5.83. The monoisotopic (exact) mass is 330 g/mol. The zero-order chi connectivity index (χ0) is 17.4. The molecule has 0 aliphatic heterocycles. The Morgan fingerprint density at radius 1 is 1.21 bits per heavy atom. The van der Waals surface area contributed by atoms with E-state index in [-0.39, 0.29) is 18.1 Å². The van der Waals surface area contributed by atoms with Crippen molar-refractivity contribution in [1.82, 2.24) is 9.88 Å². The largest absolute Gasteiger partial charge is 0.384 e. The van der Waals surface area contributed by atoms with Crippen LogP contribution in [0.15, 0.2) is 42.6 Å². The first-order valence-electron chi connectivity index (χ1n) is 7.92. The molecule has 0 atom stereocenters. The average molecular weight is 330 g/mol. The lowest BCUT2D eigenvalue weighted by atomic mass is 10.1. The first kappa shape index (κ1) is 17.9. The number of nitrogens with zero attached hydrogens (tertiary/aromatic N) is 2. The molecule has 2 N–H and O–H groups in total. The summed E-state index contributed by atoms with van der Waals surface area (Å²) >= 11 is 0. The van der Waals surface area contributed by atoms with Crippen molar-refractivity contribution in [3.8, 4) is 0 Å². The number of anilines is 2. The lowest BCUT2D eigenvalue weighted by Crippen LogP contribution is -2.17. The topological polar surface area (TPSA) is 57.3 Å². The van der Waals surface area contributed by atoms with Gasteiger partial charge < -0.3 is 15.5 Å². The zero-order valence-corrected chi connectivity index (χ0v) is 14.1. The van der Waals surface area contributed by atoms with Gasteiger partial charge in [0.2, 0.25) is 5.91 Å². The van der Waals surface area contributed by atoms with Crippen LogP contribution in [-0.2, 0) is 11.2 Å². The summed E-state index contributed by atoms with van der Waals surface area (Å²) in [7, 11) is 4.08. The third-order valence-corrected chi connectivity index (χ3v) is 3.45. The number of nitrogens with one attached hydrogen (secondary N) is 2. The Labute approximate surface area is 141 Å². The summed E-state index contributed by atoms with van der Waals surface area (Å²) in [5.41, 5.74) is 1.27. The molecule has 0 radical (unpaired) electrons. The highest BCUT2D eigenvalue weighted by Gasteiger charge is 2.08. The maximum atomic E-state index is 13.5. The summed E-state index contributed by atoms with van der Waals surface area (Å²) in [5.74, 6) is -0.215. The minimum atomic E-state index is -0.377. The van der Waals surface area contributed by atoms with Crippen molar-refractivity contribution in [2.24, 2.45) is 0 Å². The highest BCUT2D eigenvalue weighted by Crippen LogP contribution is 2.11. The number of hydrogen-bond acceptors (Lipinski definition) is 4. The molecule has 2 aromatic rings. The van der Waals surface area contributed by atoms with Crippen LogP contribution in [0.2, 0.25) is 0 Å². The Balaban J connectivity index is 1.80. The van der Waals surface area contributed by atoms with E-state index in [4.69, 9.17) is 0 Å². The molecule has 128 valence electrons. The molecule has 5 nitrogen and oxygen atoms in total. The van der Waals surface area contributed by atoms with Crippen LogP contribution in [0.1, 0.15) is 12.0 Å². The second kappa shape index (κ2) is 8.98. The highest BCUT2D eigenvalue weighted by molar-refractivity contribution is 5.91. The molecule has 0 spiro atoms. The fraction of sp³-hybridized carbons (Fsp3) is 0.333. The smallest absolute Gasteiger partial charge is 0.230 e. The normalized spacial score (nSPS) is 10.7. The van der Waals surface area contributed by atoms with Crippen LogP contribution in [0.4, 0.5) is 15.9 Å². The van der Waals surface area contributed by atoms with E-state index in [0.29, 0.717) is 11.4 Å². The highest BCUT2D eigenvalue weighted by atomic mass is 19.1. The van der Waals surface area contributed by atoms with Gasteiger partial charge in [0.1, 0.15) is 11.6 Å². The van der Waals surface area contributed by atoms with Crippen molar-refractivity contribution in [1.29, 1.82) is 0 Å². The molecular formula is C18H23FN4O. The van der Waals surface area contributed by atoms with Crippen molar-refractivity contribution in [2.45, 2.75) is 12.8 Å². The van der Waals surface area contributed by atoms with Gasteiger partial charge in [-0.3, -0.25) is 4.79 Å². The Kier molecular flexibility index (Phi) is 6.69. The van der Waals surface area contributed by atoms with Crippen LogP contribution in [-0.4, -0.2) is 43.0 Å². The summed E-state index contributed by atoms with van der Waals surface area (Å²) in [6, 6.07) is 9.85. The van der Waals surface area contributed by atoms with Gasteiger partial charge in [-0.15, -0.1) is 0 Å². The molecule has 24 heavy (non-hydrogen) atoms. The molecule has 0 aliphatic carbocycles. The van der Waals surface area contributed by atoms with Crippen LogP contribution in [0, 0.1) is 5.82 Å². The summed E-state index contributed by atoms with van der Waals surface area (Å²) < 4.78 is 13.5. The molecule has 1 aromatic heterocycles. The van der Waals surface area contributed by atoms with Gasteiger partial charge >= 0.3 is 0 Å². The molecule has 0 aliphatic rings. The van der Waals surface area contributed by atoms with Crippen LogP contribution < -0.4 is 10.6 Å². The molecule has 0 fully saturated rings. The predicted molar refractivity (Wildman–Crippen MR) is 94.6 cm³/mol. The quantitative estimate of drug-likeness (QED) is 0.731. The van der Waals surface area contributed by atoms with Gasteiger partial charge in [0.05, 0.1) is 18.3 Å². The fourth-order valence-corrected chi connectivity index (χ4v) is 2.20. The number of pyridine rings is 1. The number of hydrogen-bond donors (Lipinski definition) is 2. The standard InChI is InChI=1S/C18H23FN4O/c1-23(2)11-5-10-20-15-8-9-17(21-13-15)22-18(24)12-14-6-3-4-7-16(14)19/h3-4,6-9,13,20H,5,10-12H2,1-2H3,(H,21,22,24). The fourth-order valence-electron chi connectivity index (χ4n) is 2.20. The van der Waals surface area contributed by atoms with Crippen LogP contribution >= 0.6 is 0 Å². The van der Waals surface area contributed by atoms with E-state index in [0.717, 1.165) is 25.2 Å². The molecule has 0 unspecified atom stereocenters. The lowest BCUT2D eigenvalue weighted by molar-refractivity contribution is -0.115. The average Bonchev–Trinajstić information content (AvgIpc) is 2.55. The molecule has 2 rings (SSSR count). The molecule has 0 saturated carbocycles. The Bertz CT molecular complexity index is 658. The molecule has 1 heterocycles. The molecular weight excluding hydrogens is 307 g/mol. The first-order chi connectivity index (χ1) is 11.5. The summed E-state index contributed by atoms with van der Waals surface area (Å²) in [5, 5.41) is 5.95. The van der Waals surface area contributed by atoms with E-state index < -0.39 is 0 Å². The molecule has 1 aromatic carbocycles. The van der Waals surface area contributed by atoms with Gasteiger partial charge in [0.15, 0.2) is 0 Å². The minimum Gasteiger partial charge on any atom is -0.384 e.